The van der Waals surface area contributed by atoms with Gasteiger partial charge in [-0.05, 0) is 43.5 Å². The molecule has 25 heavy (non-hydrogen) atoms. The summed E-state index contributed by atoms with van der Waals surface area (Å²) in [5.41, 5.74) is -1.09. The molecule has 3 aromatic rings. The Kier molecular flexibility index (Phi) is 4.46. The molecule has 0 saturated heterocycles. The van der Waals surface area contributed by atoms with Crippen LogP contribution < -0.4 is 10.1 Å². The third-order valence-electron chi connectivity index (χ3n) is 4.00. The predicted molar refractivity (Wildman–Crippen MR) is 93.6 cm³/mol. The zero-order valence-electron chi connectivity index (χ0n) is 14.4. The standard InChI is InChI=1S/C19H20N2O4/c1-12-8-9-16(25-12)19(2,23)11-20-17(22)15-10-13-6-4-5-7-14(13)18(21-15)24-3/h4-10,23H,11H2,1-3H3,(H,20,22). The lowest BCUT2D eigenvalue weighted by molar-refractivity contribution is 0.0322. The first-order valence-electron chi connectivity index (χ1n) is 7.92. The lowest BCUT2D eigenvalue weighted by Crippen LogP contribution is -2.38. The minimum atomic E-state index is -1.31. The molecule has 1 amide bonds. The number of rotatable bonds is 5. The summed E-state index contributed by atoms with van der Waals surface area (Å²) in [7, 11) is 1.51. The Morgan fingerprint density at radius 1 is 1.32 bits per heavy atom. The van der Waals surface area contributed by atoms with E-state index in [1.165, 1.54) is 7.11 Å². The molecule has 2 heterocycles. The summed E-state index contributed by atoms with van der Waals surface area (Å²) in [6.07, 6.45) is 0. The summed E-state index contributed by atoms with van der Waals surface area (Å²) < 4.78 is 10.7. The monoisotopic (exact) mass is 340 g/mol. The average Bonchev–Trinajstić information content (AvgIpc) is 3.06. The van der Waals surface area contributed by atoms with Crippen LogP contribution in [0.3, 0.4) is 0 Å². The highest BCUT2D eigenvalue weighted by Gasteiger charge is 2.28. The highest BCUT2D eigenvalue weighted by Crippen LogP contribution is 2.25. The lowest BCUT2D eigenvalue weighted by atomic mass is 10.0. The maximum Gasteiger partial charge on any atom is 0.270 e. The third-order valence-corrected chi connectivity index (χ3v) is 4.00. The van der Waals surface area contributed by atoms with Gasteiger partial charge in [-0.2, -0.15) is 0 Å². The number of fused-ring (bicyclic) bond motifs is 1. The van der Waals surface area contributed by atoms with Crippen LogP contribution in [0.5, 0.6) is 5.88 Å². The fourth-order valence-electron chi connectivity index (χ4n) is 2.59. The molecule has 6 nitrogen and oxygen atoms in total. The molecule has 0 aliphatic carbocycles. The van der Waals surface area contributed by atoms with E-state index in [1.54, 1.807) is 32.0 Å². The van der Waals surface area contributed by atoms with Crippen molar-refractivity contribution in [3.05, 3.63) is 59.7 Å². The number of amides is 1. The first-order valence-corrected chi connectivity index (χ1v) is 7.92. The number of pyridine rings is 1. The fraction of sp³-hybridized carbons (Fsp3) is 0.263. The molecule has 2 N–H and O–H groups in total. The summed E-state index contributed by atoms with van der Waals surface area (Å²) in [5, 5.41) is 14.9. The summed E-state index contributed by atoms with van der Waals surface area (Å²) in [4.78, 5) is 16.7. The van der Waals surface area contributed by atoms with E-state index in [2.05, 4.69) is 10.3 Å². The SMILES string of the molecule is COc1nc(C(=O)NCC(C)(O)c2ccc(C)o2)cc2ccccc12. The summed E-state index contributed by atoms with van der Waals surface area (Å²) in [6, 6.07) is 12.7. The van der Waals surface area contributed by atoms with Gasteiger partial charge < -0.3 is 19.6 Å². The van der Waals surface area contributed by atoms with Crippen LogP contribution in [0.4, 0.5) is 0 Å². The Bertz CT molecular complexity index is 915. The molecule has 2 aromatic heterocycles. The number of aromatic nitrogens is 1. The van der Waals surface area contributed by atoms with Gasteiger partial charge in [-0.25, -0.2) is 4.98 Å². The molecule has 3 rings (SSSR count). The van der Waals surface area contributed by atoms with Gasteiger partial charge in [0.25, 0.3) is 5.91 Å². The van der Waals surface area contributed by atoms with Crippen LogP contribution in [0.2, 0.25) is 0 Å². The van der Waals surface area contributed by atoms with E-state index in [-0.39, 0.29) is 12.2 Å². The quantitative estimate of drug-likeness (QED) is 0.746. The predicted octanol–water partition coefficient (Wildman–Crippen LogP) is 2.78. The number of ether oxygens (including phenoxy) is 1. The van der Waals surface area contributed by atoms with Crippen molar-refractivity contribution in [3.63, 3.8) is 0 Å². The van der Waals surface area contributed by atoms with Crippen molar-refractivity contribution < 1.29 is 19.1 Å². The van der Waals surface area contributed by atoms with Gasteiger partial charge in [-0.3, -0.25) is 4.79 Å². The molecular formula is C19H20N2O4. The molecular weight excluding hydrogens is 320 g/mol. The van der Waals surface area contributed by atoms with Crippen LogP contribution in [0.15, 0.2) is 46.9 Å². The van der Waals surface area contributed by atoms with E-state index < -0.39 is 11.5 Å². The number of nitrogens with zero attached hydrogens (tertiary/aromatic N) is 1. The van der Waals surface area contributed by atoms with Gasteiger partial charge in [0.2, 0.25) is 5.88 Å². The number of benzene rings is 1. The Labute approximate surface area is 145 Å². The highest BCUT2D eigenvalue weighted by atomic mass is 16.5. The van der Waals surface area contributed by atoms with Gasteiger partial charge in [0, 0.05) is 5.39 Å². The first kappa shape index (κ1) is 17.0. The number of carbonyl (C=O) groups excluding carboxylic acids is 1. The van der Waals surface area contributed by atoms with Crippen molar-refractivity contribution in [3.8, 4) is 5.88 Å². The Hall–Kier alpha value is -2.86. The molecule has 1 atom stereocenters. The fourth-order valence-corrected chi connectivity index (χ4v) is 2.59. The Morgan fingerprint density at radius 2 is 2.08 bits per heavy atom. The van der Waals surface area contributed by atoms with Gasteiger partial charge in [0.1, 0.15) is 22.8 Å². The minimum absolute atomic E-state index is 0.00436. The molecule has 0 bridgehead atoms. The summed E-state index contributed by atoms with van der Waals surface area (Å²) in [6.45, 7) is 3.37. The minimum Gasteiger partial charge on any atom is -0.481 e. The van der Waals surface area contributed by atoms with Crippen molar-refractivity contribution in [2.75, 3.05) is 13.7 Å². The summed E-state index contributed by atoms with van der Waals surface area (Å²) >= 11 is 0. The van der Waals surface area contributed by atoms with Crippen LogP contribution in [0, 0.1) is 6.92 Å². The Morgan fingerprint density at radius 3 is 2.76 bits per heavy atom. The molecule has 0 aliphatic rings. The normalized spacial score (nSPS) is 13.4. The lowest BCUT2D eigenvalue weighted by Gasteiger charge is -2.21. The Balaban J connectivity index is 1.80. The van der Waals surface area contributed by atoms with Crippen molar-refractivity contribution in [1.82, 2.24) is 10.3 Å². The third kappa shape index (κ3) is 3.49. The second-order valence-electron chi connectivity index (χ2n) is 6.10. The van der Waals surface area contributed by atoms with Crippen LogP contribution in [-0.2, 0) is 5.60 Å². The molecule has 0 aliphatic heterocycles. The number of hydrogen-bond acceptors (Lipinski definition) is 5. The molecule has 0 fully saturated rings. The summed E-state index contributed by atoms with van der Waals surface area (Å²) in [5.74, 6) is 1.08. The van der Waals surface area contributed by atoms with E-state index >= 15 is 0 Å². The van der Waals surface area contributed by atoms with Crippen LogP contribution in [0.25, 0.3) is 10.8 Å². The highest BCUT2D eigenvalue weighted by molar-refractivity contribution is 5.98. The number of aryl methyl sites for hydroxylation is 1. The maximum atomic E-state index is 12.5. The number of hydrogen-bond donors (Lipinski definition) is 2. The van der Waals surface area contributed by atoms with E-state index in [9.17, 15) is 9.90 Å². The zero-order chi connectivity index (χ0) is 18.0. The average molecular weight is 340 g/mol. The number of carbonyl (C=O) groups is 1. The van der Waals surface area contributed by atoms with Crippen LogP contribution in [0.1, 0.15) is 28.9 Å². The maximum absolute atomic E-state index is 12.5. The molecule has 6 heteroatoms. The topological polar surface area (TPSA) is 84.6 Å². The van der Waals surface area contributed by atoms with E-state index in [4.69, 9.17) is 9.15 Å². The molecule has 130 valence electrons. The second kappa shape index (κ2) is 6.57. The molecule has 0 spiro atoms. The number of aliphatic hydroxyl groups is 1. The largest absolute Gasteiger partial charge is 0.481 e. The van der Waals surface area contributed by atoms with Gasteiger partial charge in [0.05, 0.1) is 13.7 Å². The van der Waals surface area contributed by atoms with Crippen molar-refractivity contribution in [2.24, 2.45) is 0 Å². The molecule has 0 saturated carbocycles. The second-order valence-corrected chi connectivity index (χ2v) is 6.10. The van der Waals surface area contributed by atoms with Crippen molar-refractivity contribution >= 4 is 16.7 Å². The van der Waals surface area contributed by atoms with Gasteiger partial charge in [0.15, 0.2) is 0 Å². The van der Waals surface area contributed by atoms with Crippen molar-refractivity contribution in [1.29, 1.82) is 0 Å². The smallest absolute Gasteiger partial charge is 0.270 e. The van der Waals surface area contributed by atoms with E-state index in [0.717, 1.165) is 10.8 Å². The number of methoxy groups -OCH3 is 1. The number of nitrogens with one attached hydrogen (secondary N) is 1. The van der Waals surface area contributed by atoms with E-state index in [0.29, 0.717) is 17.4 Å². The molecule has 1 unspecified atom stereocenters. The zero-order valence-corrected chi connectivity index (χ0v) is 14.4. The number of furan rings is 1. The van der Waals surface area contributed by atoms with E-state index in [1.807, 2.05) is 24.3 Å². The van der Waals surface area contributed by atoms with Gasteiger partial charge in [-0.15, -0.1) is 0 Å². The first-order chi connectivity index (χ1) is 11.9. The molecule has 0 radical (unpaired) electrons. The molecule has 1 aromatic carbocycles. The van der Waals surface area contributed by atoms with Gasteiger partial charge >= 0.3 is 0 Å². The van der Waals surface area contributed by atoms with Gasteiger partial charge in [-0.1, -0.05) is 18.2 Å². The van der Waals surface area contributed by atoms with Crippen molar-refractivity contribution in [2.45, 2.75) is 19.4 Å². The van der Waals surface area contributed by atoms with Crippen LogP contribution in [-0.4, -0.2) is 29.7 Å². The van der Waals surface area contributed by atoms with Crippen LogP contribution >= 0.6 is 0 Å².